The summed E-state index contributed by atoms with van der Waals surface area (Å²) >= 11 is 0. The Balaban J connectivity index is 0.000000125. The highest BCUT2D eigenvalue weighted by atomic mass is 16.1. The minimum atomic E-state index is 0.0124. The molecule has 0 radical (unpaired) electrons. The molecule has 5 aliphatic rings. The van der Waals surface area contributed by atoms with Crippen LogP contribution < -0.4 is 43.5 Å². The molecule has 0 unspecified atom stereocenters. The first-order valence-electron chi connectivity index (χ1n) is 41.0. The first kappa shape index (κ1) is 78.1. The van der Waals surface area contributed by atoms with Gasteiger partial charge >= 0.3 is 0 Å². The summed E-state index contributed by atoms with van der Waals surface area (Å²) in [6.07, 6.45) is 52.0. The third kappa shape index (κ3) is 20.8. The van der Waals surface area contributed by atoms with E-state index in [-0.39, 0.29) is 22.2 Å². The van der Waals surface area contributed by atoms with Gasteiger partial charge in [-0.15, -0.1) is 0 Å². The fraction of sp³-hybridized carbons (Fsp3) is 0.416. The Morgan fingerprint density at radius 3 is 1.20 bits per heavy atom. The van der Waals surface area contributed by atoms with Crippen LogP contribution in [0.15, 0.2) is 197 Å². The zero-order chi connectivity index (χ0) is 78.3. The van der Waals surface area contributed by atoms with Crippen LogP contribution in [0.4, 0.5) is 23.3 Å². The standard InChI is InChI=1S/2C23H27N5O.C23H29N5O.C20H25N5O/c1-16-21(9-10-22(25-16)26-19-4-2-3-5-19)18-12-24-28(14-18)20-8-11-23(29)27(15-20)13-17-6-7-17;1-16-10-22(26-19-4-2-3-5-19)24-12-21(16)18-11-25-28(14-18)20-8-9-23(29)27(15-20)13-17-6-7-17;1-16(2)13-27-15-20(8-9-23(27)29)28-14-18(11-25-28)21-12-24-22(10-17(21)3)26-19-6-4-5-7-19;1-3-5-10-21-19-8-6-16(12-22-19)17-13-23-25(14-17)18-7-9-20(26)24(15-18)11-4-2/h8-12,14-15,17,19H,2-7,13H2,1H3,(H,25,26);8-12,14-15,17,19H,2-7,13H2,1H3,(H,24,26);8-12,14-16,19H,4-7,13H2,1-3H3,(H,24,26);6-9,12-15H,3-5,10-11H2,1-2H3,(H,21,22). The lowest BCUT2D eigenvalue weighted by molar-refractivity contribution is 0.509. The summed E-state index contributed by atoms with van der Waals surface area (Å²) in [6, 6.07) is 27.9. The highest BCUT2D eigenvalue weighted by Gasteiger charge is 2.25. The van der Waals surface area contributed by atoms with Gasteiger partial charge in [-0.25, -0.2) is 38.7 Å². The second kappa shape index (κ2) is 36.7. The molecule has 17 rings (SSSR count). The molecule has 588 valence electrons. The Labute approximate surface area is 660 Å². The number of aryl methyl sites for hydroxylation is 4. The van der Waals surface area contributed by atoms with E-state index in [2.05, 4.69) is 122 Å². The largest absolute Gasteiger partial charge is 0.370 e. The molecule has 5 aliphatic carbocycles. The third-order valence-electron chi connectivity index (χ3n) is 21.9. The molecule has 0 bridgehead atoms. The van der Waals surface area contributed by atoms with Gasteiger partial charge in [0.05, 0.1) is 47.5 Å². The molecule has 0 spiro atoms. The van der Waals surface area contributed by atoms with Gasteiger partial charge in [0.1, 0.15) is 23.3 Å². The van der Waals surface area contributed by atoms with Crippen molar-refractivity contribution in [1.29, 1.82) is 0 Å². The van der Waals surface area contributed by atoms with E-state index < -0.39 is 0 Å². The van der Waals surface area contributed by atoms with Gasteiger partial charge in [0.15, 0.2) is 0 Å². The molecule has 12 aromatic rings. The van der Waals surface area contributed by atoms with Gasteiger partial charge in [-0.3, -0.25) is 19.2 Å². The number of rotatable bonds is 26. The summed E-state index contributed by atoms with van der Waals surface area (Å²) in [4.78, 5) is 66.7. The molecule has 5 fully saturated rings. The number of nitrogens with one attached hydrogen (secondary N) is 4. The molecular formula is C89H108N20O4. The molecule has 113 heavy (non-hydrogen) atoms. The van der Waals surface area contributed by atoms with Crippen molar-refractivity contribution in [3.8, 4) is 67.3 Å². The van der Waals surface area contributed by atoms with Crippen molar-refractivity contribution >= 4 is 23.3 Å². The molecule has 12 heterocycles. The molecule has 0 amide bonds. The molecule has 0 aliphatic heterocycles. The molecule has 0 atom stereocenters. The maximum Gasteiger partial charge on any atom is 0.250 e. The van der Waals surface area contributed by atoms with Gasteiger partial charge in [0, 0.05) is 193 Å². The molecule has 5 saturated carbocycles. The molecule has 24 heteroatoms. The summed E-state index contributed by atoms with van der Waals surface area (Å²) < 4.78 is 14.4. The smallest absolute Gasteiger partial charge is 0.250 e. The third-order valence-corrected chi connectivity index (χ3v) is 21.9. The Kier molecular flexibility index (Phi) is 25.4. The predicted octanol–water partition coefficient (Wildman–Crippen LogP) is 16.5. The SMILES string of the molecule is CCCCNc1ccc(-c2cnn(-c3ccc(=O)n(CCC)c3)c2)cn1.Cc1cc(NC2CCCC2)ncc1-c1cnn(-c2ccc(=O)n(CC(C)C)c2)c1.Cc1cc(NC2CCCC2)ncc1-c1cnn(-c2ccc(=O)n(CC3CC3)c2)c1.Cc1nc(NC2CCCC2)ccc1-c1cnn(-c2ccc(=O)n(CC3CC3)c2)c1. The number of pyridine rings is 8. The van der Waals surface area contributed by atoms with E-state index in [1.165, 1.54) is 114 Å². The van der Waals surface area contributed by atoms with Gasteiger partial charge in [-0.2, -0.15) is 20.4 Å². The van der Waals surface area contributed by atoms with Gasteiger partial charge < -0.3 is 39.5 Å². The first-order valence-corrected chi connectivity index (χ1v) is 41.0. The molecule has 12 aromatic heterocycles. The van der Waals surface area contributed by atoms with Crippen LogP contribution in [0.25, 0.3) is 67.3 Å². The van der Waals surface area contributed by atoms with Crippen LogP contribution in [0.2, 0.25) is 0 Å². The van der Waals surface area contributed by atoms with Gasteiger partial charge in [0.25, 0.3) is 22.2 Å². The van der Waals surface area contributed by atoms with E-state index in [1.54, 1.807) is 44.1 Å². The van der Waals surface area contributed by atoms with Crippen LogP contribution in [0.3, 0.4) is 0 Å². The molecule has 4 N–H and O–H groups in total. The number of anilines is 4. The number of nitrogens with zero attached hydrogens (tertiary/aromatic N) is 16. The second-order valence-corrected chi connectivity index (χ2v) is 31.7. The normalized spacial score (nSPS) is 15.0. The highest BCUT2D eigenvalue weighted by molar-refractivity contribution is 5.69. The fourth-order valence-electron chi connectivity index (χ4n) is 15.2. The van der Waals surface area contributed by atoms with Crippen molar-refractivity contribution in [2.75, 3.05) is 27.8 Å². The van der Waals surface area contributed by atoms with Gasteiger partial charge in [0.2, 0.25) is 0 Å². The predicted molar refractivity (Wildman–Crippen MR) is 450 cm³/mol. The highest BCUT2D eigenvalue weighted by Crippen LogP contribution is 2.34. The number of hydrogen-bond donors (Lipinski definition) is 4. The van der Waals surface area contributed by atoms with E-state index in [4.69, 9.17) is 4.98 Å². The maximum atomic E-state index is 12.1. The van der Waals surface area contributed by atoms with Crippen LogP contribution in [0.5, 0.6) is 0 Å². The average molecular weight is 1520 g/mol. The number of unbranched alkanes of at least 4 members (excludes halogenated alkanes) is 1. The van der Waals surface area contributed by atoms with Crippen LogP contribution in [0.1, 0.15) is 167 Å². The van der Waals surface area contributed by atoms with Crippen molar-refractivity contribution in [1.82, 2.24) is 77.3 Å². The maximum absolute atomic E-state index is 12.1. The fourth-order valence-corrected chi connectivity index (χ4v) is 15.2. The van der Waals surface area contributed by atoms with E-state index in [9.17, 15) is 19.2 Å². The molecule has 0 aromatic carbocycles. The monoisotopic (exact) mass is 1520 g/mol. The van der Waals surface area contributed by atoms with Crippen LogP contribution in [-0.4, -0.2) is 102 Å². The van der Waals surface area contributed by atoms with Crippen LogP contribution in [-0.2, 0) is 26.2 Å². The van der Waals surface area contributed by atoms with Crippen LogP contribution in [0, 0.1) is 38.5 Å². The zero-order valence-electron chi connectivity index (χ0n) is 66.5. The summed E-state index contributed by atoms with van der Waals surface area (Å²) in [7, 11) is 0. The Bertz CT molecular complexity index is 5020. The molecule has 0 saturated heterocycles. The molecule has 24 nitrogen and oxygen atoms in total. The summed E-state index contributed by atoms with van der Waals surface area (Å²) in [6.45, 7) is 18.6. The van der Waals surface area contributed by atoms with E-state index >= 15 is 0 Å². The second-order valence-electron chi connectivity index (χ2n) is 31.7. The van der Waals surface area contributed by atoms with Crippen molar-refractivity contribution in [3.05, 3.63) is 236 Å². The van der Waals surface area contributed by atoms with Crippen molar-refractivity contribution in [3.63, 3.8) is 0 Å². The zero-order valence-corrected chi connectivity index (χ0v) is 66.5. The topological polar surface area (TPSA) is 259 Å². The van der Waals surface area contributed by atoms with Crippen molar-refractivity contribution < 1.29 is 0 Å². The Morgan fingerprint density at radius 2 is 0.788 bits per heavy atom. The minimum absolute atomic E-state index is 0.0124. The Hall–Kier alpha value is -11.6. The van der Waals surface area contributed by atoms with E-state index in [0.717, 1.165) is 135 Å². The summed E-state index contributed by atoms with van der Waals surface area (Å²) in [5.74, 6) is 5.46. The Morgan fingerprint density at radius 1 is 0.389 bits per heavy atom. The number of hydrogen-bond acceptors (Lipinski definition) is 16. The minimum Gasteiger partial charge on any atom is -0.370 e. The van der Waals surface area contributed by atoms with Crippen LogP contribution >= 0.6 is 0 Å². The van der Waals surface area contributed by atoms with Crippen molar-refractivity contribution in [2.24, 2.45) is 17.8 Å². The lowest BCUT2D eigenvalue weighted by Gasteiger charge is -2.14. The number of aromatic nitrogens is 16. The summed E-state index contributed by atoms with van der Waals surface area (Å²) in [5, 5.41) is 32.0. The molecular weight excluding hydrogens is 1410 g/mol. The van der Waals surface area contributed by atoms with Gasteiger partial charge in [-0.05, 0) is 187 Å². The van der Waals surface area contributed by atoms with Gasteiger partial charge in [-0.1, -0.05) is 72.6 Å². The quantitative estimate of drug-likeness (QED) is 0.0367. The van der Waals surface area contributed by atoms with Crippen molar-refractivity contribution in [2.45, 2.75) is 215 Å². The lowest BCUT2D eigenvalue weighted by atomic mass is 10.1. The lowest BCUT2D eigenvalue weighted by Crippen LogP contribution is -2.21. The van der Waals surface area contributed by atoms with E-state index in [1.807, 2.05) is 153 Å². The first-order chi connectivity index (χ1) is 55.0. The van der Waals surface area contributed by atoms with E-state index in [0.29, 0.717) is 49.0 Å². The average Bonchev–Trinajstić information content (AvgIpc) is 1.71. The summed E-state index contributed by atoms with van der Waals surface area (Å²) in [5.41, 5.74) is 15.4.